The Balaban J connectivity index is 1.71. The minimum absolute atomic E-state index is 0.203. The topological polar surface area (TPSA) is 80.9 Å². The van der Waals surface area contributed by atoms with Crippen molar-refractivity contribution in [2.45, 2.75) is 19.3 Å². The highest BCUT2D eigenvalue weighted by Gasteiger charge is 2.21. The first kappa shape index (κ1) is 18.0. The number of aromatic nitrogens is 2. The SMILES string of the molecule is CC(C)(CNc1nc(-c2cccc(C(N)=O)c2)ns1)c1ccc(F)cc1. The van der Waals surface area contributed by atoms with Gasteiger partial charge in [0, 0.05) is 34.6 Å². The molecule has 134 valence electrons. The van der Waals surface area contributed by atoms with Crippen LogP contribution in [0.3, 0.4) is 0 Å². The molecule has 0 fully saturated rings. The Kier molecular flexibility index (Phi) is 4.99. The maximum Gasteiger partial charge on any atom is 0.248 e. The Morgan fingerprint density at radius 1 is 1.23 bits per heavy atom. The number of rotatable bonds is 6. The normalized spacial score (nSPS) is 11.3. The van der Waals surface area contributed by atoms with Crippen LogP contribution in [-0.4, -0.2) is 21.8 Å². The number of primary amides is 1. The van der Waals surface area contributed by atoms with E-state index in [1.807, 2.05) is 6.07 Å². The molecule has 0 aliphatic rings. The van der Waals surface area contributed by atoms with Crippen molar-refractivity contribution < 1.29 is 9.18 Å². The van der Waals surface area contributed by atoms with E-state index >= 15 is 0 Å². The lowest BCUT2D eigenvalue weighted by Gasteiger charge is -2.25. The lowest BCUT2D eigenvalue weighted by molar-refractivity contribution is 0.100. The number of anilines is 1. The number of hydrogen-bond donors (Lipinski definition) is 2. The van der Waals surface area contributed by atoms with Gasteiger partial charge in [-0.05, 0) is 29.8 Å². The molecule has 0 atom stereocenters. The average molecular weight is 370 g/mol. The Labute approximate surface area is 155 Å². The van der Waals surface area contributed by atoms with Crippen molar-refractivity contribution in [3.05, 3.63) is 65.5 Å². The van der Waals surface area contributed by atoms with Gasteiger partial charge in [-0.15, -0.1) is 0 Å². The largest absolute Gasteiger partial charge is 0.366 e. The molecule has 0 unspecified atom stereocenters. The number of nitrogens with two attached hydrogens (primary N) is 1. The zero-order chi connectivity index (χ0) is 18.7. The molecule has 1 heterocycles. The van der Waals surface area contributed by atoms with Gasteiger partial charge in [0.1, 0.15) is 5.82 Å². The maximum atomic E-state index is 13.1. The van der Waals surface area contributed by atoms with Crippen LogP contribution in [0.25, 0.3) is 11.4 Å². The number of carbonyl (C=O) groups excluding carboxylic acids is 1. The van der Waals surface area contributed by atoms with Gasteiger partial charge in [-0.3, -0.25) is 4.79 Å². The van der Waals surface area contributed by atoms with Crippen molar-refractivity contribution in [1.82, 2.24) is 9.36 Å². The zero-order valence-corrected chi connectivity index (χ0v) is 15.3. The van der Waals surface area contributed by atoms with Gasteiger partial charge in [0.2, 0.25) is 11.0 Å². The van der Waals surface area contributed by atoms with Gasteiger partial charge in [-0.25, -0.2) is 4.39 Å². The van der Waals surface area contributed by atoms with E-state index in [0.29, 0.717) is 23.1 Å². The molecule has 26 heavy (non-hydrogen) atoms. The molecule has 2 aromatic carbocycles. The van der Waals surface area contributed by atoms with E-state index in [0.717, 1.165) is 11.1 Å². The average Bonchev–Trinajstić information content (AvgIpc) is 3.10. The molecule has 0 saturated heterocycles. The van der Waals surface area contributed by atoms with Gasteiger partial charge >= 0.3 is 0 Å². The van der Waals surface area contributed by atoms with Crippen molar-refractivity contribution in [1.29, 1.82) is 0 Å². The molecule has 5 nitrogen and oxygen atoms in total. The third-order valence-corrected chi connectivity index (χ3v) is 4.81. The minimum atomic E-state index is -0.485. The zero-order valence-electron chi connectivity index (χ0n) is 14.5. The number of nitrogens with zero attached hydrogens (tertiary/aromatic N) is 2. The van der Waals surface area contributed by atoms with Crippen LogP contribution in [0, 0.1) is 5.82 Å². The molecule has 0 bridgehead atoms. The lowest BCUT2D eigenvalue weighted by atomic mass is 9.85. The van der Waals surface area contributed by atoms with Crippen molar-refractivity contribution in [3.63, 3.8) is 0 Å². The highest BCUT2D eigenvalue weighted by atomic mass is 32.1. The molecule has 0 radical (unpaired) electrons. The first-order chi connectivity index (χ1) is 12.3. The fraction of sp³-hybridized carbons (Fsp3) is 0.211. The lowest BCUT2D eigenvalue weighted by Crippen LogP contribution is -2.27. The fourth-order valence-electron chi connectivity index (χ4n) is 2.52. The number of hydrogen-bond acceptors (Lipinski definition) is 5. The number of carbonyl (C=O) groups is 1. The van der Waals surface area contributed by atoms with Crippen molar-refractivity contribution >= 4 is 22.6 Å². The van der Waals surface area contributed by atoms with Crippen LogP contribution in [0.1, 0.15) is 29.8 Å². The van der Waals surface area contributed by atoms with E-state index in [2.05, 4.69) is 28.5 Å². The van der Waals surface area contributed by atoms with E-state index < -0.39 is 5.91 Å². The number of halogens is 1. The van der Waals surface area contributed by atoms with Gasteiger partial charge in [-0.1, -0.05) is 38.1 Å². The van der Waals surface area contributed by atoms with Crippen LogP contribution in [0.4, 0.5) is 9.52 Å². The Bertz CT molecular complexity index is 921. The molecule has 1 aromatic heterocycles. The molecule has 3 aromatic rings. The summed E-state index contributed by atoms with van der Waals surface area (Å²) in [5.74, 6) is -0.189. The van der Waals surface area contributed by atoms with Gasteiger partial charge in [0.25, 0.3) is 0 Å². The van der Waals surface area contributed by atoms with Crippen LogP contribution in [-0.2, 0) is 5.41 Å². The summed E-state index contributed by atoms with van der Waals surface area (Å²) in [5, 5.41) is 3.97. The van der Waals surface area contributed by atoms with E-state index in [-0.39, 0.29) is 11.2 Å². The number of nitrogens with one attached hydrogen (secondary N) is 1. The maximum absolute atomic E-state index is 13.1. The van der Waals surface area contributed by atoms with E-state index in [9.17, 15) is 9.18 Å². The van der Waals surface area contributed by atoms with Crippen molar-refractivity contribution in [2.24, 2.45) is 5.73 Å². The summed E-state index contributed by atoms with van der Waals surface area (Å²) in [6.07, 6.45) is 0. The van der Waals surface area contributed by atoms with Crippen LogP contribution >= 0.6 is 11.5 Å². The molecule has 3 N–H and O–H groups in total. The molecule has 7 heteroatoms. The standard InChI is InChI=1S/C19H19FN4OS/c1-19(2,14-6-8-15(20)9-7-14)11-22-18-23-17(24-26-18)13-5-3-4-12(10-13)16(21)25/h3-10H,11H2,1-2H3,(H2,21,25)(H,22,23,24). The third kappa shape index (κ3) is 4.05. The van der Waals surface area contributed by atoms with E-state index in [1.54, 1.807) is 30.3 Å². The molecule has 1 amide bonds. The first-order valence-corrected chi connectivity index (χ1v) is 8.86. The van der Waals surface area contributed by atoms with Crippen LogP contribution in [0.2, 0.25) is 0 Å². The van der Waals surface area contributed by atoms with Gasteiger partial charge < -0.3 is 11.1 Å². The molecule has 0 saturated carbocycles. The fourth-order valence-corrected chi connectivity index (χ4v) is 3.11. The Hall–Kier alpha value is -2.80. The second kappa shape index (κ2) is 7.21. The second-order valence-corrected chi connectivity index (χ2v) is 7.36. The smallest absolute Gasteiger partial charge is 0.248 e. The molecule has 0 aliphatic carbocycles. The molecule has 3 rings (SSSR count). The quantitative estimate of drug-likeness (QED) is 0.691. The second-order valence-electron chi connectivity index (χ2n) is 6.61. The summed E-state index contributed by atoms with van der Waals surface area (Å²) in [5.41, 5.74) is 7.30. The monoisotopic (exact) mass is 370 g/mol. The Morgan fingerprint density at radius 3 is 2.65 bits per heavy atom. The van der Waals surface area contributed by atoms with E-state index in [4.69, 9.17) is 5.73 Å². The summed E-state index contributed by atoms with van der Waals surface area (Å²) in [7, 11) is 0. The summed E-state index contributed by atoms with van der Waals surface area (Å²) < 4.78 is 17.4. The molecular weight excluding hydrogens is 351 g/mol. The summed E-state index contributed by atoms with van der Waals surface area (Å²) in [6, 6.07) is 13.4. The van der Waals surface area contributed by atoms with Crippen molar-refractivity contribution in [2.75, 3.05) is 11.9 Å². The van der Waals surface area contributed by atoms with E-state index in [1.165, 1.54) is 23.7 Å². The predicted molar refractivity (Wildman–Crippen MR) is 102 cm³/mol. The summed E-state index contributed by atoms with van der Waals surface area (Å²) >= 11 is 1.25. The molecular formula is C19H19FN4OS. The first-order valence-electron chi connectivity index (χ1n) is 8.09. The minimum Gasteiger partial charge on any atom is -0.366 e. The third-order valence-electron chi connectivity index (χ3n) is 4.14. The van der Waals surface area contributed by atoms with Gasteiger partial charge in [-0.2, -0.15) is 9.36 Å². The van der Waals surface area contributed by atoms with Crippen LogP contribution in [0.5, 0.6) is 0 Å². The number of amides is 1. The van der Waals surface area contributed by atoms with Crippen LogP contribution in [0.15, 0.2) is 48.5 Å². The summed E-state index contributed by atoms with van der Waals surface area (Å²) in [4.78, 5) is 15.8. The highest BCUT2D eigenvalue weighted by molar-refractivity contribution is 7.09. The van der Waals surface area contributed by atoms with Gasteiger partial charge in [0.15, 0.2) is 5.82 Å². The Morgan fingerprint density at radius 2 is 1.96 bits per heavy atom. The predicted octanol–water partition coefficient (Wildman–Crippen LogP) is 3.83. The molecule has 0 spiro atoms. The molecule has 0 aliphatic heterocycles. The summed E-state index contributed by atoms with van der Waals surface area (Å²) in [6.45, 7) is 4.77. The highest BCUT2D eigenvalue weighted by Crippen LogP contribution is 2.26. The number of benzene rings is 2. The van der Waals surface area contributed by atoms with Crippen LogP contribution < -0.4 is 11.1 Å². The van der Waals surface area contributed by atoms with Crippen molar-refractivity contribution in [3.8, 4) is 11.4 Å². The van der Waals surface area contributed by atoms with Gasteiger partial charge in [0.05, 0.1) is 0 Å².